The smallest absolute Gasteiger partial charge is 0.191 e. The lowest BCUT2D eigenvalue weighted by Crippen LogP contribution is -2.36. The maximum atomic E-state index is 5.40. The molecule has 0 saturated heterocycles. The zero-order chi connectivity index (χ0) is 16.7. The number of nitrogens with one attached hydrogen (secondary N) is 2. The van der Waals surface area contributed by atoms with Gasteiger partial charge in [0.05, 0.1) is 24.5 Å². The summed E-state index contributed by atoms with van der Waals surface area (Å²) in [5.41, 5.74) is 2.12. The SMILES string of the molecule is CCC(CC)c1cc(CNC(=NC)NCc2ccnn2C)on1. The van der Waals surface area contributed by atoms with Crippen LogP contribution in [0.4, 0.5) is 0 Å². The first-order valence-electron chi connectivity index (χ1n) is 8.04. The molecule has 0 radical (unpaired) electrons. The Morgan fingerprint density at radius 1 is 1.30 bits per heavy atom. The molecule has 0 amide bonds. The molecule has 0 saturated carbocycles. The third kappa shape index (κ3) is 4.58. The first-order chi connectivity index (χ1) is 11.2. The van der Waals surface area contributed by atoms with Gasteiger partial charge in [-0.1, -0.05) is 19.0 Å². The number of guanidine groups is 1. The minimum Gasteiger partial charge on any atom is -0.359 e. The largest absolute Gasteiger partial charge is 0.359 e. The quantitative estimate of drug-likeness (QED) is 0.604. The van der Waals surface area contributed by atoms with Crippen LogP contribution in [0.25, 0.3) is 0 Å². The zero-order valence-electron chi connectivity index (χ0n) is 14.3. The molecule has 0 aliphatic rings. The molecule has 2 N–H and O–H groups in total. The summed E-state index contributed by atoms with van der Waals surface area (Å²) in [7, 11) is 3.66. The van der Waals surface area contributed by atoms with Crippen molar-refractivity contribution in [2.24, 2.45) is 12.0 Å². The predicted octanol–water partition coefficient (Wildman–Crippen LogP) is 2.18. The van der Waals surface area contributed by atoms with Gasteiger partial charge in [-0.05, 0) is 18.9 Å². The normalized spacial score (nSPS) is 12.0. The van der Waals surface area contributed by atoms with Gasteiger partial charge in [0.15, 0.2) is 11.7 Å². The van der Waals surface area contributed by atoms with Crippen LogP contribution >= 0.6 is 0 Å². The fourth-order valence-corrected chi connectivity index (χ4v) is 2.45. The molecular formula is C16H26N6O. The highest BCUT2D eigenvalue weighted by Crippen LogP contribution is 2.22. The summed E-state index contributed by atoms with van der Waals surface area (Å²) in [6.45, 7) is 5.56. The van der Waals surface area contributed by atoms with Crippen LogP contribution in [0.5, 0.6) is 0 Å². The van der Waals surface area contributed by atoms with E-state index in [9.17, 15) is 0 Å². The number of rotatable bonds is 7. The van der Waals surface area contributed by atoms with Crippen LogP contribution in [0.2, 0.25) is 0 Å². The van der Waals surface area contributed by atoms with E-state index >= 15 is 0 Å². The van der Waals surface area contributed by atoms with Crippen molar-refractivity contribution in [1.29, 1.82) is 0 Å². The first-order valence-corrected chi connectivity index (χ1v) is 8.04. The Kier molecular flexibility index (Phi) is 6.19. The summed E-state index contributed by atoms with van der Waals surface area (Å²) >= 11 is 0. The van der Waals surface area contributed by atoms with E-state index in [1.54, 1.807) is 13.2 Å². The first kappa shape index (κ1) is 17.1. The molecule has 7 nitrogen and oxygen atoms in total. The van der Waals surface area contributed by atoms with Gasteiger partial charge in [0.25, 0.3) is 0 Å². The van der Waals surface area contributed by atoms with Gasteiger partial charge in [0.1, 0.15) is 0 Å². The van der Waals surface area contributed by atoms with Crippen LogP contribution in [0.1, 0.15) is 49.8 Å². The fourth-order valence-electron chi connectivity index (χ4n) is 2.45. The third-order valence-corrected chi connectivity index (χ3v) is 3.99. The average Bonchev–Trinajstić information content (AvgIpc) is 3.18. The van der Waals surface area contributed by atoms with E-state index in [2.05, 4.69) is 39.7 Å². The monoisotopic (exact) mass is 318 g/mol. The van der Waals surface area contributed by atoms with E-state index in [0.29, 0.717) is 25.0 Å². The highest BCUT2D eigenvalue weighted by molar-refractivity contribution is 5.79. The highest BCUT2D eigenvalue weighted by atomic mass is 16.5. The molecule has 0 atom stereocenters. The van der Waals surface area contributed by atoms with Gasteiger partial charge in [-0.25, -0.2) is 0 Å². The van der Waals surface area contributed by atoms with Crippen LogP contribution in [0, 0.1) is 0 Å². The Hall–Kier alpha value is -2.31. The third-order valence-electron chi connectivity index (χ3n) is 3.99. The van der Waals surface area contributed by atoms with E-state index in [4.69, 9.17) is 4.52 Å². The molecule has 2 rings (SSSR count). The maximum Gasteiger partial charge on any atom is 0.191 e. The molecule has 2 aromatic rings. The minimum absolute atomic E-state index is 0.467. The summed E-state index contributed by atoms with van der Waals surface area (Å²) < 4.78 is 7.24. The molecule has 0 aromatic carbocycles. The minimum atomic E-state index is 0.467. The second-order valence-corrected chi connectivity index (χ2v) is 5.46. The molecule has 0 aliphatic heterocycles. The molecule has 23 heavy (non-hydrogen) atoms. The van der Waals surface area contributed by atoms with Gasteiger partial charge in [-0.2, -0.15) is 5.10 Å². The molecular weight excluding hydrogens is 292 g/mol. The molecule has 126 valence electrons. The van der Waals surface area contributed by atoms with Crippen molar-refractivity contribution < 1.29 is 4.52 Å². The van der Waals surface area contributed by atoms with Crippen molar-refractivity contribution in [3.63, 3.8) is 0 Å². The second kappa shape index (κ2) is 8.36. The Bertz CT molecular complexity index is 626. The topological polar surface area (TPSA) is 80.3 Å². The molecule has 0 unspecified atom stereocenters. The van der Waals surface area contributed by atoms with Crippen molar-refractivity contribution in [1.82, 2.24) is 25.6 Å². The summed E-state index contributed by atoms with van der Waals surface area (Å²) in [6.07, 6.45) is 3.93. The second-order valence-electron chi connectivity index (χ2n) is 5.46. The van der Waals surface area contributed by atoms with E-state index in [-0.39, 0.29) is 0 Å². The number of aliphatic imine (C=N–C) groups is 1. The number of aryl methyl sites for hydroxylation is 1. The van der Waals surface area contributed by atoms with Crippen molar-refractivity contribution >= 4 is 5.96 Å². The molecule has 2 aromatic heterocycles. The number of hydrogen-bond acceptors (Lipinski definition) is 4. The molecule has 0 spiro atoms. The van der Waals surface area contributed by atoms with Crippen molar-refractivity contribution in [2.45, 2.75) is 45.7 Å². The molecule has 2 heterocycles. The lowest BCUT2D eigenvalue weighted by atomic mass is 9.99. The lowest BCUT2D eigenvalue weighted by molar-refractivity contribution is 0.368. The van der Waals surface area contributed by atoms with Crippen LogP contribution in [-0.4, -0.2) is 27.9 Å². The van der Waals surface area contributed by atoms with E-state index in [1.165, 1.54) is 0 Å². The van der Waals surface area contributed by atoms with E-state index in [1.807, 2.05) is 23.9 Å². The van der Waals surface area contributed by atoms with Gasteiger partial charge in [-0.3, -0.25) is 9.67 Å². The Morgan fingerprint density at radius 2 is 2.04 bits per heavy atom. The lowest BCUT2D eigenvalue weighted by Gasteiger charge is -2.10. The molecule has 7 heteroatoms. The standard InChI is InChI=1S/C16H26N6O/c1-5-12(6-2)15-9-14(23-21-15)11-19-16(17-3)18-10-13-7-8-20-22(13)4/h7-9,12H,5-6,10-11H2,1-4H3,(H2,17,18,19). The predicted molar refractivity (Wildman–Crippen MR) is 90.1 cm³/mol. The number of hydrogen-bond donors (Lipinski definition) is 2. The average molecular weight is 318 g/mol. The van der Waals surface area contributed by atoms with Crippen LogP contribution in [0.15, 0.2) is 27.8 Å². The van der Waals surface area contributed by atoms with Crippen molar-refractivity contribution in [2.75, 3.05) is 7.05 Å². The Balaban J connectivity index is 1.85. The van der Waals surface area contributed by atoms with Gasteiger partial charge in [-0.15, -0.1) is 0 Å². The van der Waals surface area contributed by atoms with Crippen LogP contribution in [-0.2, 0) is 20.1 Å². The fraction of sp³-hybridized carbons (Fsp3) is 0.562. The van der Waals surface area contributed by atoms with E-state index < -0.39 is 0 Å². The van der Waals surface area contributed by atoms with Gasteiger partial charge in [0.2, 0.25) is 0 Å². The van der Waals surface area contributed by atoms with Gasteiger partial charge >= 0.3 is 0 Å². The number of nitrogens with zero attached hydrogens (tertiary/aromatic N) is 4. The Labute approximate surface area is 137 Å². The highest BCUT2D eigenvalue weighted by Gasteiger charge is 2.13. The summed E-state index contributed by atoms with van der Waals surface area (Å²) in [5.74, 6) is 2.00. The molecule has 0 aliphatic carbocycles. The Morgan fingerprint density at radius 3 is 2.65 bits per heavy atom. The summed E-state index contributed by atoms with van der Waals surface area (Å²) in [4.78, 5) is 4.21. The number of aromatic nitrogens is 3. The summed E-state index contributed by atoms with van der Waals surface area (Å²) in [6, 6.07) is 4.00. The van der Waals surface area contributed by atoms with E-state index in [0.717, 1.165) is 30.0 Å². The molecule has 0 bridgehead atoms. The zero-order valence-corrected chi connectivity index (χ0v) is 14.3. The van der Waals surface area contributed by atoms with Crippen molar-refractivity contribution in [3.8, 4) is 0 Å². The van der Waals surface area contributed by atoms with Gasteiger partial charge in [0, 0.05) is 32.3 Å². The summed E-state index contributed by atoms with van der Waals surface area (Å²) in [5, 5.41) is 14.8. The van der Waals surface area contributed by atoms with Crippen LogP contribution in [0.3, 0.4) is 0 Å². The van der Waals surface area contributed by atoms with Crippen LogP contribution < -0.4 is 10.6 Å². The van der Waals surface area contributed by atoms with Gasteiger partial charge < -0.3 is 15.2 Å². The van der Waals surface area contributed by atoms with Crippen molar-refractivity contribution in [3.05, 3.63) is 35.5 Å². The maximum absolute atomic E-state index is 5.40. The molecule has 0 fully saturated rings.